The Morgan fingerprint density at radius 3 is 2.63 bits per heavy atom. The molecular formula is C19H24N6O2. The van der Waals surface area contributed by atoms with Gasteiger partial charge >= 0.3 is 0 Å². The van der Waals surface area contributed by atoms with Gasteiger partial charge < -0.3 is 20.7 Å². The molecule has 0 spiro atoms. The standard InChI is InChI=1S/C19H24N6O2/c1-4-25-7-5-12-9-14(13-10-21-18(20)22-11-13)23-16(15(12)17(25)27)24-19(2,3)6-8-26/h5,7,9-11,26H,4,6,8H2,1-3H3,(H,23,24)(H2,20,21,22). The lowest BCUT2D eigenvalue weighted by Gasteiger charge is -2.27. The summed E-state index contributed by atoms with van der Waals surface area (Å²) >= 11 is 0. The van der Waals surface area contributed by atoms with Crippen LogP contribution in [0.3, 0.4) is 0 Å². The number of nitrogen functional groups attached to an aromatic ring is 1. The molecule has 3 heterocycles. The molecule has 0 saturated heterocycles. The summed E-state index contributed by atoms with van der Waals surface area (Å²) in [6.45, 7) is 6.43. The highest BCUT2D eigenvalue weighted by Crippen LogP contribution is 2.28. The maximum atomic E-state index is 12.9. The second-order valence-electron chi connectivity index (χ2n) is 7.04. The number of aliphatic hydroxyl groups is 1. The van der Waals surface area contributed by atoms with Crippen molar-refractivity contribution >= 4 is 22.5 Å². The summed E-state index contributed by atoms with van der Waals surface area (Å²) in [5.74, 6) is 0.665. The highest BCUT2D eigenvalue weighted by molar-refractivity contribution is 5.94. The van der Waals surface area contributed by atoms with E-state index >= 15 is 0 Å². The number of rotatable bonds is 6. The number of aliphatic hydroxyl groups excluding tert-OH is 1. The van der Waals surface area contributed by atoms with Gasteiger partial charge in [-0.2, -0.15) is 0 Å². The number of fused-ring (bicyclic) bond motifs is 1. The maximum absolute atomic E-state index is 12.9. The van der Waals surface area contributed by atoms with Crippen molar-refractivity contribution in [3.8, 4) is 11.3 Å². The van der Waals surface area contributed by atoms with Crippen molar-refractivity contribution in [1.82, 2.24) is 19.5 Å². The van der Waals surface area contributed by atoms with Crippen molar-refractivity contribution < 1.29 is 5.11 Å². The van der Waals surface area contributed by atoms with Crippen LogP contribution in [0.25, 0.3) is 22.0 Å². The molecule has 0 aromatic carbocycles. The molecule has 0 bridgehead atoms. The fraction of sp³-hybridized carbons (Fsp3) is 0.368. The normalized spacial score (nSPS) is 11.7. The van der Waals surface area contributed by atoms with E-state index in [9.17, 15) is 9.90 Å². The van der Waals surface area contributed by atoms with Gasteiger partial charge in [-0.05, 0) is 44.7 Å². The number of nitrogens with two attached hydrogens (primary N) is 1. The van der Waals surface area contributed by atoms with Gasteiger partial charge in [0.15, 0.2) is 0 Å². The van der Waals surface area contributed by atoms with Crippen LogP contribution in [0, 0.1) is 0 Å². The molecule has 0 amide bonds. The molecular weight excluding hydrogens is 344 g/mol. The Bertz CT molecular complexity index is 1010. The zero-order valence-corrected chi connectivity index (χ0v) is 15.7. The van der Waals surface area contributed by atoms with Crippen LogP contribution in [0.5, 0.6) is 0 Å². The summed E-state index contributed by atoms with van der Waals surface area (Å²) in [7, 11) is 0. The van der Waals surface area contributed by atoms with Crippen molar-refractivity contribution in [1.29, 1.82) is 0 Å². The third-order valence-electron chi connectivity index (χ3n) is 4.46. The predicted molar refractivity (Wildman–Crippen MR) is 107 cm³/mol. The van der Waals surface area contributed by atoms with Crippen LogP contribution in [-0.2, 0) is 6.54 Å². The molecule has 0 aliphatic carbocycles. The number of hydrogen-bond acceptors (Lipinski definition) is 7. The van der Waals surface area contributed by atoms with Crippen molar-refractivity contribution in [2.75, 3.05) is 17.7 Å². The number of aromatic nitrogens is 4. The number of aryl methyl sites for hydroxylation is 1. The molecule has 0 unspecified atom stereocenters. The summed E-state index contributed by atoms with van der Waals surface area (Å²) in [6.07, 6.45) is 5.50. The van der Waals surface area contributed by atoms with E-state index in [-0.39, 0.29) is 18.1 Å². The van der Waals surface area contributed by atoms with Crippen LogP contribution in [0.15, 0.2) is 35.5 Å². The van der Waals surface area contributed by atoms with E-state index in [4.69, 9.17) is 5.73 Å². The Balaban J connectivity index is 2.23. The SMILES string of the molecule is CCn1ccc2cc(-c3cnc(N)nc3)nc(NC(C)(C)CCO)c2c1=O. The third-order valence-corrected chi connectivity index (χ3v) is 4.46. The highest BCUT2D eigenvalue weighted by atomic mass is 16.3. The number of nitrogens with one attached hydrogen (secondary N) is 1. The molecule has 0 atom stereocenters. The Labute approximate surface area is 157 Å². The Kier molecular flexibility index (Phi) is 5.09. The largest absolute Gasteiger partial charge is 0.396 e. The summed E-state index contributed by atoms with van der Waals surface area (Å²) in [4.78, 5) is 25.6. The van der Waals surface area contributed by atoms with Gasteiger partial charge in [-0.1, -0.05) is 0 Å². The van der Waals surface area contributed by atoms with Gasteiger partial charge in [0.25, 0.3) is 5.56 Å². The van der Waals surface area contributed by atoms with Crippen LogP contribution in [-0.4, -0.2) is 36.8 Å². The van der Waals surface area contributed by atoms with E-state index in [1.165, 1.54) is 0 Å². The number of nitrogens with zero attached hydrogens (tertiary/aromatic N) is 4. The maximum Gasteiger partial charge on any atom is 0.262 e. The molecule has 0 aliphatic heterocycles. The summed E-state index contributed by atoms with van der Waals surface area (Å²) in [5, 5.41) is 14.0. The molecule has 3 rings (SSSR count). The van der Waals surface area contributed by atoms with Crippen LogP contribution < -0.4 is 16.6 Å². The molecule has 4 N–H and O–H groups in total. The smallest absolute Gasteiger partial charge is 0.262 e. The summed E-state index contributed by atoms with van der Waals surface area (Å²) < 4.78 is 1.64. The molecule has 3 aromatic heterocycles. The molecule has 0 aliphatic rings. The number of hydrogen-bond donors (Lipinski definition) is 3. The quantitative estimate of drug-likeness (QED) is 0.609. The van der Waals surface area contributed by atoms with Gasteiger partial charge in [0.1, 0.15) is 5.82 Å². The van der Waals surface area contributed by atoms with Gasteiger partial charge in [0.2, 0.25) is 5.95 Å². The highest BCUT2D eigenvalue weighted by Gasteiger charge is 2.21. The fourth-order valence-electron chi connectivity index (χ4n) is 2.92. The average Bonchev–Trinajstić information content (AvgIpc) is 2.62. The first kappa shape index (κ1) is 18.8. The first-order valence-electron chi connectivity index (χ1n) is 8.86. The van der Waals surface area contributed by atoms with Crippen LogP contribution in [0.1, 0.15) is 27.2 Å². The molecule has 3 aromatic rings. The van der Waals surface area contributed by atoms with E-state index in [1.54, 1.807) is 23.2 Å². The number of anilines is 2. The van der Waals surface area contributed by atoms with Crippen molar-refractivity contribution in [3.05, 3.63) is 41.1 Å². The molecule has 0 saturated carbocycles. The molecule has 142 valence electrons. The summed E-state index contributed by atoms with van der Waals surface area (Å²) in [6, 6.07) is 3.74. The molecule has 8 nitrogen and oxygen atoms in total. The summed E-state index contributed by atoms with van der Waals surface area (Å²) in [5.41, 5.74) is 6.36. The monoisotopic (exact) mass is 368 g/mol. The second kappa shape index (κ2) is 7.32. The van der Waals surface area contributed by atoms with Crippen molar-refractivity contribution in [3.63, 3.8) is 0 Å². The molecule has 0 radical (unpaired) electrons. The van der Waals surface area contributed by atoms with E-state index in [0.717, 1.165) is 5.39 Å². The van der Waals surface area contributed by atoms with Gasteiger partial charge in [0, 0.05) is 42.8 Å². The van der Waals surface area contributed by atoms with E-state index < -0.39 is 5.54 Å². The zero-order valence-electron chi connectivity index (χ0n) is 15.7. The minimum Gasteiger partial charge on any atom is -0.396 e. The first-order chi connectivity index (χ1) is 12.8. The first-order valence-corrected chi connectivity index (χ1v) is 8.86. The van der Waals surface area contributed by atoms with E-state index in [2.05, 4.69) is 20.3 Å². The topological polar surface area (TPSA) is 119 Å². The fourth-order valence-corrected chi connectivity index (χ4v) is 2.92. The van der Waals surface area contributed by atoms with Crippen molar-refractivity contribution in [2.24, 2.45) is 0 Å². The molecule has 27 heavy (non-hydrogen) atoms. The minimum atomic E-state index is -0.440. The van der Waals surface area contributed by atoms with Crippen LogP contribution in [0.2, 0.25) is 0 Å². The zero-order chi connectivity index (χ0) is 19.6. The second-order valence-corrected chi connectivity index (χ2v) is 7.04. The van der Waals surface area contributed by atoms with Gasteiger partial charge in [-0.15, -0.1) is 0 Å². The van der Waals surface area contributed by atoms with Gasteiger partial charge in [-0.25, -0.2) is 15.0 Å². The lowest BCUT2D eigenvalue weighted by molar-refractivity contribution is 0.260. The lowest BCUT2D eigenvalue weighted by Crippen LogP contribution is -2.33. The van der Waals surface area contributed by atoms with Crippen LogP contribution >= 0.6 is 0 Å². The van der Waals surface area contributed by atoms with Crippen molar-refractivity contribution in [2.45, 2.75) is 39.3 Å². The molecule has 8 heteroatoms. The van der Waals surface area contributed by atoms with Gasteiger partial charge in [-0.3, -0.25) is 4.79 Å². The van der Waals surface area contributed by atoms with Gasteiger partial charge in [0.05, 0.1) is 11.1 Å². The third kappa shape index (κ3) is 3.90. The minimum absolute atomic E-state index is 0.0304. The lowest BCUT2D eigenvalue weighted by atomic mass is 10.0. The van der Waals surface area contributed by atoms with E-state index in [1.807, 2.05) is 32.9 Å². The Morgan fingerprint density at radius 1 is 1.30 bits per heavy atom. The molecule has 0 fully saturated rings. The predicted octanol–water partition coefficient (Wildman–Crippen LogP) is 2.03. The Hall–Kier alpha value is -3.00. The Morgan fingerprint density at radius 2 is 2.00 bits per heavy atom. The number of pyridine rings is 2. The van der Waals surface area contributed by atoms with E-state index in [0.29, 0.717) is 35.4 Å². The van der Waals surface area contributed by atoms with Crippen LogP contribution in [0.4, 0.5) is 11.8 Å². The average molecular weight is 368 g/mol.